The molecule has 0 radical (unpaired) electrons. The number of nitrogens with zero attached hydrogens (tertiary/aromatic N) is 2. The molecule has 1 saturated carbocycles. The van der Waals surface area contributed by atoms with E-state index in [-0.39, 0.29) is 0 Å². The van der Waals surface area contributed by atoms with Gasteiger partial charge in [0.1, 0.15) is 0 Å². The van der Waals surface area contributed by atoms with E-state index in [0.29, 0.717) is 18.6 Å². The fourth-order valence-corrected chi connectivity index (χ4v) is 3.73. The van der Waals surface area contributed by atoms with Crippen LogP contribution in [-0.4, -0.2) is 36.1 Å². The lowest BCUT2D eigenvalue weighted by molar-refractivity contribution is 0.181. The second-order valence-electron chi connectivity index (χ2n) is 5.61. The van der Waals surface area contributed by atoms with Gasteiger partial charge in [0.15, 0.2) is 0 Å². The lowest BCUT2D eigenvalue weighted by atomic mass is 9.83. The first-order chi connectivity index (χ1) is 9.76. The van der Waals surface area contributed by atoms with Crippen molar-refractivity contribution in [2.75, 3.05) is 20.3 Å². The highest BCUT2D eigenvalue weighted by atomic mass is 79.9. The SMILES string of the molecule is CCCNC1CCCC(c2c(Br)cnn2CCOC)C1. The fraction of sp³-hybridized carbons (Fsp3) is 0.800. The Morgan fingerprint density at radius 3 is 3.10 bits per heavy atom. The number of hydrogen-bond donors (Lipinski definition) is 1. The molecule has 0 saturated heterocycles. The van der Waals surface area contributed by atoms with Crippen molar-refractivity contribution in [3.05, 3.63) is 16.4 Å². The van der Waals surface area contributed by atoms with Gasteiger partial charge in [0.25, 0.3) is 0 Å². The van der Waals surface area contributed by atoms with Gasteiger partial charge in [0.05, 0.1) is 29.5 Å². The van der Waals surface area contributed by atoms with Crippen molar-refractivity contribution in [2.45, 2.75) is 57.5 Å². The van der Waals surface area contributed by atoms with Gasteiger partial charge in [-0.1, -0.05) is 13.3 Å². The number of aromatic nitrogens is 2. The predicted molar refractivity (Wildman–Crippen MR) is 85.1 cm³/mol. The van der Waals surface area contributed by atoms with Gasteiger partial charge in [-0.25, -0.2) is 0 Å². The standard InChI is InChI=1S/C15H26BrN3O/c1-3-7-17-13-6-4-5-12(10-13)15-14(16)11-18-19(15)8-9-20-2/h11-13,17H,3-10H2,1-2H3. The smallest absolute Gasteiger partial charge is 0.0658 e. The van der Waals surface area contributed by atoms with Crippen molar-refractivity contribution in [1.29, 1.82) is 0 Å². The highest BCUT2D eigenvalue weighted by Gasteiger charge is 2.27. The van der Waals surface area contributed by atoms with E-state index < -0.39 is 0 Å². The molecule has 1 N–H and O–H groups in total. The van der Waals surface area contributed by atoms with Crippen LogP contribution in [0.15, 0.2) is 10.7 Å². The summed E-state index contributed by atoms with van der Waals surface area (Å²) >= 11 is 3.67. The molecule has 0 spiro atoms. The second kappa shape index (κ2) is 8.15. The van der Waals surface area contributed by atoms with Gasteiger partial charge in [0.2, 0.25) is 0 Å². The van der Waals surface area contributed by atoms with Gasteiger partial charge in [0, 0.05) is 19.1 Å². The number of rotatable bonds is 7. The molecular weight excluding hydrogens is 318 g/mol. The Morgan fingerprint density at radius 2 is 2.35 bits per heavy atom. The number of halogens is 1. The molecule has 1 aliphatic rings. The molecule has 2 unspecified atom stereocenters. The third-order valence-electron chi connectivity index (χ3n) is 4.08. The third kappa shape index (κ3) is 4.06. The summed E-state index contributed by atoms with van der Waals surface area (Å²) in [5.41, 5.74) is 1.35. The predicted octanol–water partition coefficient (Wildman–Crippen LogP) is 3.32. The van der Waals surface area contributed by atoms with E-state index in [9.17, 15) is 0 Å². The Kier molecular flexibility index (Phi) is 6.52. The van der Waals surface area contributed by atoms with Crippen LogP contribution in [0.25, 0.3) is 0 Å². The van der Waals surface area contributed by atoms with Crippen molar-refractivity contribution in [1.82, 2.24) is 15.1 Å². The zero-order valence-electron chi connectivity index (χ0n) is 12.6. The average Bonchev–Trinajstić information content (AvgIpc) is 2.84. The van der Waals surface area contributed by atoms with Crippen LogP contribution >= 0.6 is 15.9 Å². The molecule has 2 rings (SSSR count). The van der Waals surface area contributed by atoms with Gasteiger partial charge in [-0.15, -0.1) is 0 Å². The number of ether oxygens (including phenoxy) is 1. The summed E-state index contributed by atoms with van der Waals surface area (Å²) in [6.45, 7) is 4.90. The summed E-state index contributed by atoms with van der Waals surface area (Å²) in [4.78, 5) is 0. The molecule has 4 nitrogen and oxygen atoms in total. The van der Waals surface area contributed by atoms with Crippen LogP contribution < -0.4 is 5.32 Å². The van der Waals surface area contributed by atoms with E-state index >= 15 is 0 Å². The van der Waals surface area contributed by atoms with Crippen LogP contribution in [0, 0.1) is 0 Å². The molecule has 20 heavy (non-hydrogen) atoms. The molecular formula is C15H26BrN3O. The molecule has 2 atom stereocenters. The molecule has 1 fully saturated rings. The largest absolute Gasteiger partial charge is 0.383 e. The van der Waals surface area contributed by atoms with Gasteiger partial charge < -0.3 is 10.1 Å². The summed E-state index contributed by atoms with van der Waals surface area (Å²) in [6.07, 6.45) is 8.22. The molecule has 0 aliphatic heterocycles. The Bertz CT molecular complexity index is 408. The van der Waals surface area contributed by atoms with Crippen molar-refractivity contribution in [2.24, 2.45) is 0 Å². The number of methoxy groups -OCH3 is 1. The summed E-state index contributed by atoms with van der Waals surface area (Å²) in [7, 11) is 1.74. The van der Waals surface area contributed by atoms with Crippen molar-refractivity contribution >= 4 is 15.9 Å². The van der Waals surface area contributed by atoms with E-state index in [1.54, 1.807) is 7.11 Å². The highest BCUT2D eigenvalue weighted by molar-refractivity contribution is 9.10. The van der Waals surface area contributed by atoms with Crippen LogP contribution in [0.1, 0.15) is 50.6 Å². The van der Waals surface area contributed by atoms with Crippen LogP contribution in [0.2, 0.25) is 0 Å². The zero-order chi connectivity index (χ0) is 14.4. The van der Waals surface area contributed by atoms with Gasteiger partial charge in [-0.3, -0.25) is 4.68 Å². The highest BCUT2D eigenvalue weighted by Crippen LogP contribution is 2.36. The van der Waals surface area contributed by atoms with E-state index in [2.05, 4.69) is 38.0 Å². The van der Waals surface area contributed by atoms with E-state index in [1.807, 2.05) is 6.20 Å². The van der Waals surface area contributed by atoms with Gasteiger partial charge in [-0.05, 0) is 48.2 Å². The molecule has 5 heteroatoms. The van der Waals surface area contributed by atoms with Crippen LogP contribution in [-0.2, 0) is 11.3 Å². The first-order valence-corrected chi connectivity index (χ1v) is 8.49. The second-order valence-corrected chi connectivity index (χ2v) is 6.46. The topological polar surface area (TPSA) is 39.1 Å². The van der Waals surface area contributed by atoms with Crippen molar-refractivity contribution in [3.8, 4) is 0 Å². The lowest BCUT2D eigenvalue weighted by Crippen LogP contribution is -2.34. The maximum Gasteiger partial charge on any atom is 0.0658 e. The quantitative estimate of drug-likeness (QED) is 0.825. The molecule has 1 heterocycles. The number of hydrogen-bond acceptors (Lipinski definition) is 3. The third-order valence-corrected chi connectivity index (χ3v) is 4.70. The molecule has 114 valence electrons. The Balaban J connectivity index is 2.04. The normalized spacial score (nSPS) is 23.1. The van der Waals surface area contributed by atoms with E-state index in [0.717, 1.165) is 17.6 Å². The minimum atomic E-state index is 0.604. The molecule has 0 bridgehead atoms. The van der Waals surface area contributed by atoms with Crippen LogP contribution in [0.5, 0.6) is 0 Å². The Labute approximate surface area is 130 Å². The lowest BCUT2D eigenvalue weighted by Gasteiger charge is -2.30. The van der Waals surface area contributed by atoms with Crippen LogP contribution in [0.4, 0.5) is 0 Å². The maximum atomic E-state index is 5.18. The van der Waals surface area contributed by atoms with E-state index in [1.165, 1.54) is 37.8 Å². The Hall–Kier alpha value is -0.390. The van der Waals surface area contributed by atoms with Crippen LogP contribution in [0.3, 0.4) is 0 Å². The molecule has 1 aliphatic carbocycles. The van der Waals surface area contributed by atoms with E-state index in [4.69, 9.17) is 4.74 Å². The van der Waals surface area contributed by atoms with Gasteiger partial charge in [-0.2, -0.15) is 5.10 Å². The minimum absolute atomic E-state index is 0.604. The summed E-state index contributed by atoms with van der Waals surface area (Å²) in [6, 6.07) is 0.659. The zero-order valence-corrected chi connectivity index (χ0v) is 14.2. The summed E-state index contributed by atoms with van der Waals surface area (Å²) in [5.74, 6) is 0.604. The maximum absolute atomic E-state index is 5.18. The minimum Gasteiger partial charge on any atom is -0.383 e. The molecule has 0 amide bonds. The monoisotopic (exact) mass is 343 g/mol. The average molecular weight is 344 g/mol. The number of nitrogens with one attached hydrogen (secondary N) is 1. The first-order valence-electron chi connectivity index (χ1n) is 7.69. The van der Waals surface area contributed by atoms with Crippen molar-refractivity contribution in [3.63, 3.8) is 0 Å². The van der Waals surface area contributed by atoms with Crippen molar-refractivity contribution < 1.29 is 4.74 Å². The molecule has 1 aromatic heterocycles. The Morgan fingerprint density at radius 1 is 1.50 bits per heavy atom. The molecule has 1 aromatic rings. The fourth-order valence-electron chi connectivity index (χ4n) is 3.11. The van der Waals surface area contributed by atoms with Gasteiger partial charge >= 0.3 is 0 Å². The first kappa shape index (κ1) is 16.0. The molecule has 0 aromatic carbocycles. The summed E-state index contributed by atoms with van der Waals surface area (Å²) in [5, 5.41) is 8.16. The summed E-state index contributed by atoms with van der Waals surface area (Å²) < 4.78 is 8.44.